The Balaban J connectivity index is 1.57. The number of carbonyl (C=O) groups excluding carboxylic acids is 1. The van der Waals surface area contributed by atoms with Gasteiger partial charge in [0.15, 0.2) is 0 Å². The highest BCUT2D eigenvalue weighted by atomic mass is 16.5. The van der Waals surface area contributed by atoms with Gasteiger partial charge in [-0.05, 0) is 43.2 Å². The molecule has 28 heavy (non-hydrogen) atoms. The van der Waals surface area contributed by atoms with E-state index < -0.39 is 0 Å². The van der Waals surface area contributed by atoms with Crippen LogP contribution in [-0.2, 0) is 16.1 Å². The first-order chi connectivity index (χ1) is 13.7. The van der Waals surface area contributed by atoms with E-state index in [9.17, 15) is 9.59 Å². The van der Waals surface area contributed by atoms with Crippen LogP contribution in [0.5, 0.6) is 0 Å². The van der Waals surface area contributed by atoms with E-state index in [1.807, 2.05) is 6.07 Å². The summed E-state index contributed by atoms with van der Waals surface area (Å²) in [4.78, 5) is 34.1. The number of furan rings is 1. The van der Waals surface area contributed by atoms with Crippen LogP contribution in [0.3, 0.4) is 0 Å². The molecule has 1 aromatic carbocycles. The molecule has 3 aromatic rings. The maximum Gasteiger partial charge on any atom is 0.258 e. The maximum atomic E-state index is 12.8. The molecule has 7 nitrogen and oxygen atoms in total. The molecular weight excluding hydrogens is 358 g/mol. The van der Waals surface area contributed by atoms with Crippen LogP contribution >= 0.6 is 0 Å². The average molecular weight is 379 g/mol. The molecule has 4 rings (SSSR count). The summed E-state index contributed by atoms with van der Waals surface area (Å²) in [6.07, 6.45) is 6.54. The van der Waals surface area contributed by atoms with Crippen molar-refractivity contribution < 1.29 is 13.9 Å². The fourth-order valence-electron chi connectivity index (χ4n) is 3.30. The van der Waals surface area contributed by atoms with Crippen LogP contribution in [0.2, 0.25) is 0 Å². The third kappa shape index (κ3) is 4.20. The van der Waals surface area contributed by atoms with Crippen molar-refractivity contribution in [2.24, 2.45) is 0 Å². The second-order valence-electron chi connectivity index (χ2n) is 6.73. The van der Waals surface area contributed by atoms with E-state index in [0.717, 1.165) is 12.8 Å². The topological polar surface area (TPSA) is 88.4 Å². The SMILES string of the molecule is O=C(/C=C/c1ccco1)N(Cc1nc2ccccc2c(=O)[nH]1)C[C@@H]1CCCO1. The van der Waals surface area contributed by atoms with Gasteiger partial charge in [-0.25, -0.2) is 4.98 Å². The number of para-hydroxylation sites is 1. The van der Waals surface area contributed by atoms with Gasteiger partial charge in [-0.15, -0.1) is 0 Å². The van der Waals surface area contributed by atoms with Gasteiger partial charge in [-0.2, -0.15) is 0 Å². The number of nitrogens with zero attached hydrogens (tertiary/aromatic N) is 2. The van der Waals surface area contributed by atoms with Crippen molar-refractivity contribution in [3.8, 4) is 0 Å². The van der Waals surface area contributed by atoms with E-state index in [2.05, 4.69) is 9.97 Å². The normalized spacial score (nSPS) is 16.8. The van der Waals surface area contributed by atoms with Crippen LogP contribution in [0.1, 0.15) is 24.4 Å². The Hall–Kier alpha value is -3.19. The molecule has 7 heteroatoms. The molecule has 2 aromatic heterocycles. The summed E-state index contributed by atoms with van der Waals surface area (Å²) in [6, 6.07) is 10.7. The van der Waals surface area contributed by atoms with E-state index in [1.54, 1.807) is 47.6 Å². The van der Waals surface area contributed by atoms with Gasteiger partial charge >= 0.3 is 0 Å². The van der Waals surface area contributed by atoms with Crippen molar-refractivity contribution in [1.29, 1.82) is 0 Å². The van der Waals surface area contributed by atoms with E-state index in [4.69, 9.17) is 9.15 Å². The Labute approximate surface area is 161 Å². The van der Waals surface area contributed by atoms with Gasteiger partial charge in [0.1, 0.15) is 11.6 Å². The number of hydrogen-bond acceptors (Lipinski definition) is 5. The molecule has 0 aliphatic carbocycles. The van der Waals surface area contributed by atoms with Gasteiger partial charge in [0.25, 0.3) is 5.56 Å². The molecule has 1 atom stereocenters. The molecule has 0 unspecified atom stereocenters. The van der Waals surface area contributed by atoms with E-state index >= 15 is 0 Å². The van der Waals surface area contributed by atoms with E-state index in [1.165, 1.54) is 6.08 Å². The predicted molar refractivity (Wildman–Crippen MR) is 104 cm³/mol. The van der Waals surface area contributed by atoms with Crippen molar-refractivity contribution in [1.82, 2.24) is 14.9 Å². The minimum absolute atomic E-state index is 0.00635. The van der Waals surface area contributed by atoms with Crippen molar-refractivity contribution in [2.45, 2.75) is 25.5 Å². The molecule has 1 amide bonds. The molecule has 0 saturated carbocycles. The van der Waals surface area contributed by atoms with Gasteiger partial charge in [-0.3, -0.25) is 9.59 Å². The molecule has 0 bridgehead atoms. The monoisotopic (exact) mass is 379 g/mol. The fourth-order valence-corrected chi connectivity index (χ4v) is 3.30. The average Bonchev–Trinajstić information content (AvgIpc) is 3.40. The third-order valence-corrected chi connectivity index (χ3v) is 4.70. The highest BCUT2D eigenvalue weighted by Crippen LogP contribution is 2.16. The van der Waals surface area contributed by atoms with Crippen molar-refractivity contribution in [3.05, 3.63) is 70.7 Å². The van der Waals surface area contributed by atoms with Crippen LogP contribution in [0, 0.1) is 0 Å². The molecule has 144 valence electrons. The number of fused-ring (bicyclic) bond motifs is 1. The van der Waals surface area contributed by atoms with E-state index in [-0.39, 0.29) is 24.1 Å². The molecule has 0 radical (unpaired) electrons. The lowest BCUT2D eigenvalue weighted by Crippen LogP contribution is -2.36. The molecule has 1 aliphatic heterocycles. The second-order valence-corrected chi connectivity index (χ2v) is 6.73. The van der Waals surface area contributed by atoms with Gasteiger partial charge in [0.2, 0.25) is 5.91 Å². The summed E-state index contributed by atoms with van der Waals surface area (Å²) in [5.74, 6) is 0.854. The first-order valence-electron chi connectivity index (χ1n) is 9.29. The molecule has 3 heterocycles. The highest BCUT2D eigenvalue weighted by Gasteiger charge is 2.22. The lowest BCUT2D eigenvalue weighted by Gasteiger charge is -2.24. The molecule has 0 spiro atoms. The Morgan fingerprint density at radius 1 is 1.29 bits per heavy atom. The number of hydrogen-bond donors (Lipinski definition) is 1. The van der Waals surface area contributed by atoms with Crippen LogP contribution in [-0.4, -0.2) is 40.0 Å². The van der Waals surface area contributed by atoms with Crippen LogP contribution in [0.4, 0.5) is 0 Å². The van der Waals surface area contributed by atoms with Gasteiger partial charge in [0, 0.05) is 19.2 Å². The van der Waals surface area contributed by atoms with Crippen molar-refractivity contribution in [3.63, 3.8) is 0 Å². The highest BCUT2D eigenvalue weighted by molar-refractivity contribution is 5.91. The molecular formula is C21H21N3O4. The van der Waals surface area contributed by atoms with Gasteiger partial charge < -0.3 is 19.0 Å². The predicted octanol–water partition coefficient (Wildman–Crippen LogP) is 2.74. The van der Waals surface area contributed by atoms with Crippen molar-refractivity contribution in [2.75, 3.05) is 13.2 Å². The third-order valence-electron chi connectivity index (χ3n) is 4.70. The first-order valence-corrected chi connectivity index (χ1v) is 9.29. The molecule has 1 fully saturated rings. The zero-order valence-corrected chi connectivity index (χ0v) is 15.3. The summed E-state index contributed by atoms with van der Waals surface area (Å²) in [7, 11) is 0. The number of ether oxygens (including phenoxy) is 1. The fraction of sp³-hybridized carbons (Fsp3) is 0.286. The summed E-state index contributed by atoms with van der Waals surface area (Å²) in [5, 5.41) is 0.529. The number of aromatic amines is 1. The number of aromatic nitrogens is 2. The van der Waals surface area contributed by atoms with Crippen molar-refractivity contribution >= 4 is 22.9 Å². The zero-order chi connectivity index (χ0) is 19.3. The summed E-state index contributed by atoms with van der Waals surface area (Å²) in [5.41, 5.74) is 0.396. The number of nitrogens with one attached hydrogen (secondary N) is 1. The molecule has 1 N–H and O–H groups in total. The van der Waals surface area contributed by atoms with Gasteiger partial charge in [0.05, 0.1) is 29.8 Å². The Morgan fingerprint density at radius 2 is 2.18 bits per heavy atom. The smallest absolute Gasteiger partial charge is 0.258 e. The standard InChI is InChI=1S/C21H21N3O4/c25-20(10-9-15-5-3-11-27-15)24(13-16-6-4-12-28-16)14-19-22-18-8-2-1-7-17(18)21(26)23-19/h1-3,5,7-11,16H,4,6,12-14H2,(H,22,23,26)/b10-9+/t16-/m0/s1. The van der Waals surface area contributed by atoms with Gasteiger partial charge in [-0.1, -0.05) is 12.1 Å². The lowest BCUT2D eigenvalue weighted by molar-refractivity contribution is -0.128. The summed E-state index contributed by atoms with van der Waals surface area (Å²) in [6.45, 7) is 1.35. The minimum atomic E-state index is -0.212. The number of rotatable bonds is 6. The lowest BCUT2D eigenvalue weighted by atomic mass is 10.2. The molecule has 1 saturated heterocycles. The van der Waals surface area contributed by atoms with Crippen LogP contribution in [0.25, 0.3) is 17.0 Å². The number of H-pyrrole nitrogens is 1. The quantitative estimate of drug-likeness (QED) is 0.665. The number of amides is 1. The second kappa shape index (κ2) is 8.22. The first kappa shape index (κ1) is 18.2. The van der Waals surface area contributed by atoms with Crippen LogP contribution < -0.4 is 5.56 Å². The van der Waals surface area contributed by atoms with E-state index in [0.29, 0.717) is 35.6 Å². The number of carbonyl (C=O) groups is 1. The Morgan fingerprint density at radius 3 is 2.96 bits per heavy atom. The largest absolute Gasteiger partial charge is 0.465 e. The number of benzene rings is 1. The van der Waals surface area contributed by atoms with Crippen LogP contribution in [0.15, 0.2) is 57.9 Å². The minimum Gasteiger partial charge on any atom is -0.465 e. The molecule has 1 aliphatic rings. The Bertz CT molecular complexity index is 1030. The maximum absolute atomic E-state index is 12.8. The summed E-state index contributed by atoms with van der Waals surface area (Å²) < 4.78 is 10.9. The summed E-state index contributed by atoms with van der Waals surface area (Å²) >= 11 is 0. The Kier molecular flexibility index (Phi) is 5.34. The zero-order valence-electron chi connectivity index (χ0n) is 15.3.